The van der Waals surface area contributed by atoms with E-state index in [1.807, 2.05) is 0 Å². The minimum atomic E-state index is 0.672. The van der Waals surface area contributed by atoms with Gasteiger partial charge in [0, 0.05) is 34.4 Å². The summed E-state index contributed by atoms with van der Waals surface area (Å²) >= 11 is 0. The highest BCUT2D eigenvalue weighted by Gasteiger charge is 2.20. The first-order valence-electron chi connectivity index (χ1n) is 17.4. The Bertz CT molecular complexity index is 2390. The lowest BCUT2D eigenvalue weighted by Gasteiger charge is -2.20. The van der Waals surface area contributed by atoms with Gasteiger partial charge in [-0.1, -0.05) is 133 Å². The first-order chi connectivity index (χ1) is 25.1. The van der Waals surface area contributed by atoms with Crippen LogP contribution in [0.25, 0.3) is 43.1 Å². The molecule has 252 valence electrons. The molecule has 0 atom stereocenters. The summed E-state index contributed by atoms with van der Waals surface area (Å²) in [7, 11) is 7.06. The number of methoxy groups -OCH3 is 4. The minimum absolute atomic E-state index is 0.672. The van der Waals surface area contributed by atoms with E-state index in [1.165, 1.54) is 21.9 Å². The zero-order valence-electron chi connectivity index (χ0n) is 29.5. The molecule has 0 spiro atoms. The second kappa shape index (κ2) is 13.7. The van der Waals surface area contributed by atoms with Gasteiger partial charge in [0.1, 0.15) is 23.0 Å². The third-order valence-corrected chi connectivity index (χ3v) is 10.2. The van der Waals surface area contributed by atoms with E-state index in [0.717, 1.165) is 84.0 Å². The number of hydrogen-bond acceptors (Lipinski definition) is 4. The lowest BCUT2D eigenvalue weighted by Crippen LogP contribution is -2.03. The first kappa shape index (κ1) is 32.2. The van der Waals surface area contributed by atoms with Crippen LogP contribution in [0.5, 0.6) is 23.0 Å². The number of fused-ring (bicyclic) bond motifs is 4. The Morgan fingerprint density at radius 3 is 1.00 bits per heavy atom. The summed E-state index contributed by atoms with van der Waals surface area (Å²) in [4.78, 5) is 0. The van der Waals surface area contributed by atoms with Crippen LogP contribution in [0.15, 0.2) is 133 Å². The van der Waals surface area contributed by atoms with Crippen molar-refractivity contribution in [3.63, 3.8) is 0 Å². The summed E-state index contributed by atoms with van der Waals surface area (Å²) in [5.41, 5.74) is 6.98. The lowest BCUT2D eigenvalue weighted by atomic mass is 9.88. The quantitative estimate of drug-likeness (QED) is 0.145. The second-order valence-corrected chi connectivity index (χ2v) is 13.0. The topological polar surface area (TPSA) is 36.9 Å². The van der Waals surface area contributed by atoms with E-state index in [1.54, 1.807) is 28.4 Å². The van der Waals surface area contributed by atoms with Crippen LogP contribution in [0.3, 0.4) is 0 Å². The molecule has 0 fully saturated rings. The molecule has 0 N–H and O–H groups in total. The van der Waals surface area contributed by atoms with E-state index in [-0.39, 0.29) is 0 Å². The van der Waals surface area contributed by atoms with E-state index < -0.39 is 0 Å². The van der Waals surface area contributed by atoms with Gasteiger partial charge >= 0.3 is 0 Å². The third-order valence-electron chi connectivity index (χ3n) is 10.2. The normalized spacial score (nSPS) is 11.4. The summed E-state index contributed by atoms with van der Waals surface area (Å²) in [6, 6.07) is 47.3. The maximum absolute atomic E-state index is 6.17. The van der Waals surface area contributed by atoms with Crippen molar-refractivity contribution in [1.82, 2.24) is 0 Å². The van der Waals surface area contributed by atoms with E-state index in [2.05, 4.69) is 133 Å². The monoisotopic (exact) mass is 668 g/mol. The predicted molar refractivity (Wildman–Crippen MR) is 210 cm³/mol. The van der Waals surface area contributed by atoms with Gasteiger partial charge in [-0.2, -0.15) is 0 Å². The molecule has 0 aromatic heterocycles. The molecular formula is C47H40O4. The van der Waals surface area contributed by atoms with Crippen molar-refractivity contribution in [3.05, 3.63) is 167 Å². The summed E-state index contributed by atoms with van der Waals surface area (Å²) in [5, 5.41) is 9.11. The van der Waals surface area contributed by atoms with Gasteiger partial charge < -0.3 is 18.9 Å². The van der Waals surface area contributed by atoms with Crippen LogP contribution in [0.4, 0.5) is 0 Å². The Kier molecular flexibility index (Phi) is 8.67. The molecule has 8 aromatic carbocycles. The van der Waals surface area contributed by atoms with Crippen molar-refractivity contribution in [2.24, 2.45) is 0 Å². The fourth-order valence-electron chi connectivity index (χ4n) is 7.97. The predicted octanol–water partition coefficient (Wildman–Crippen LogP) is 11.1. The standard InChI is InChI=1S/C47H40O4/c1-48-44-32(23-21-30-13-5-7-17-40(30)44)25-36-28-34(38-15-9-11-19-42(38)46(36)50-3)27-35-29-37(47(51-4)43-20-12-10-16-39(35)43)26-33-24-22-31-14-6-8-18-41(31)45(33)49-2/h5-24,28-29H,25-27H2,1-4H3. The van der Waals surface area contributed by atoms with Crippen molar-refractivity contribution >= 4 is 43.1 Å². The van der Waals surface area contributed by atoms with Crippen molar-refractivity contribution in [2.45, 2.75) is 19.3 Å². The smallest absolute Gasteiger partial charge is 0.130 e. The zero-order chi connectivity index (χ0) is 34.9. The Labute approximate surface area is 298 Å². The molecule has 8 rings (SSSR count). The molecule has 0 bridgehead atoms. The highest BCUT2D eigenvalue weighted by molar-refractivity contribution is 5.96. The molecule has 0 heterocycles. The number of hydrogen-bond donors (Lipinski definition) is 0. The fourth-order valence-corrected chi connectivity index (χ4v) is 7.97. The minimum Gasteiger partial charge on any atom is -0.496 e. The second-order valence-electron chi connectivity index (χ2n) is 13.0. The van der Waals surface area contributed by atoms with Crippen LogP contribution >= 0.6 is 0 Å². The molecule has 0 aliphatic carbocycles. The first-order valence-corrected chi connectivity index (χ1v) is 17.4. The van der Waals surface area contributed by atoms with Crippen molar-refractivity contribution in [2.75, 3.05) is 28.4 Å². The van der Waals surface area contributed by atoms with Crippen molar-refractivity contribution < 1.29 is 18.9 Å². The molecule has 4 nitrogen and oxygen atoms in total. The van der Waals surface area contributed by atoms with Crippen LogP contribution in [-0.4, -0.2) is 28.4 Å². The summed E-state index contributed by atoms with van der Waals surface area (Å²) in [5.74, 6) is 3.60. The van der Waals surface area contributed by atoms with E-state index in [9.17, 15) is 0 Å². The van der Waals surface area contributed by atoms with Gasteiger partial charge in [-0.3, -0.25) is 0 Å². The van der Waals surface area contributed by atoms with Gasteiger partial charge in [-0.15, -0.1) is 0 Å². The molecule has 0 saturated heterocycles. The average Bonchev–Trinajstić information content (AvgIpc) is 3.18. The van der Waals surface area contributed by atoms with Gasteiger partial charge in [0.2, 0.25) is 0 Å². The van der Waals surface area contributed by atoms with Crippen LogP contribution < -0.4 is 18.9 Å². The zero-order valence-corrected chi connectivity index (χ0v) is 29.5. The number of benzene rings is 8. The van der Waals surface area contributed by atoms with Crippen LogP contribution in [0.1, 0.15) is 33.4 Å². The molecule has 51 heavy (non-hydrogen) atoms. The highest BCUT2D eigenvalue weighted by atomic mass is 16.5. The summed E-state index contributed by atoms with van der Waals surface area (Å²) in [6.45, 7) is 0. The van der Waals surface area contributed by atoms with Gasteiger partial charge in [0.15, 0.2) is 0 Å². The van der Waals surface area contributed by atoms with Crippen molar-refractivity contribution in [3.8, 4) is 23.0 Å². The Hall–Kier alpha value is -6.00. The van der Waals surface area contributed by atoms with Gasteiger partial charge in [0.25, 0.3) is 0 Å². The molecule has 0 aliphatic heterocycles. The van der Waals surface area contributed by atoms with E-state index >= 15 is 0 Å². The largest absolute Gasteiger partial charge is 0.496 e. The molecule has 0 radical (unpaired) electrons. The molecule has 0 unspecified atom stereocenters. The van der Waals surface area contributed by atoms with Gasteiger partial charge in [0.05, 0.1) is 28.4 Å². The van der Waals surface area contributed by atoms with E-state index in [4.69, 9.17) is 18.9 Å². The summed E-state index contributed by atoms with van der Waals surface area (Å²) < 4.78 is 24.4. The van der Waals surface area contributed by atoms with Crippen LogP contribution in [0, 0.1) is 0 Å². The van der Waals surface area contributed by atoms with Crippen molar-refractivity contribution in [1.29, 1.82) is 0 Å². The summed E-state index contributed by atoms with van der Waals surface area (Å²) in [6.07, 6.45) is 2.08. The molecule has 0 saturated carbocycles. The maximum atomic E-state index is 6.17. The van der Waals surface area contributed by atoms with Crippen LogP contribution in [0.2, 0.25) is 0 Å². The lowest BCUT2D eigenvalue weighted by molar-refractivity contribution is 0.410. The Morgan fingerprint density at radius 2 is 0.608 bits per heavy atom. The van der Waals surface area contributed by atoms with E-state index in [0.29, 0.717) is 12.8 Å². The fraction of sp³-hybridized carbons (Fsp3) is 0.149. The van der Waals surface area contributed by atoms with Crippen LogP contribution in [-0.2, 0) is 19.3 Å². The highest BCUT2D eigenvalue weighted by Crippen LogP contribution is 2.41. The number of ether oxygens (including phenoxy) is 4. The molecule has 8 aromatic rings. The molecule has 0 aliphatic rings. The molecule has 0 amide bonds. The molecule has 4 heteroatoms. The Morgan fingerprint density at radius 1 is 0.294 bits per heavy atom. The molecular weight excluding hydrogens is 629 g/mol. The SMILES string of the molecule is COc1c(Cc2cc(Cc3cc(Cc4ccc5ccccc5c4OC)c(OC)c4ccccc34)c3ccccc3c2OC)ccc2ccccc12. The Balaban J connectivity index is 1.28. The number of rotatable bonds is 10. The average molecular weight is 669 g/mol. The van der Waals surface area contributed by atoms with Gasteiger partial charge in [-0.25, -0.2) is 0 Å². The third kappa shape index (κ3) is 5.77. The van der Waals surface area contributed by atoms with Gasteiger partial charge in [-0.05, 0) is 61.3 Å². The maximum Gasteiger partial charge on any atom is 0.130 e.